The molecule has 0 fully saturated rings. The summed E-state index contributed by atoms with van der Waals surface area (Å²) in [6.07, 6.45) is 0. The van der Waals surface area contributed by atoms with Crippen LogP contribution in [0.5, 0.6) is 0 Å². The van der Waals surface area contributed by atoms with Crippen molar-refractivity contribution < 1.29 is 19.1 Å². The zero-order chi connectivity index (χ0) is 10.3. The smallest absolute Gasteiger partial charge is 0.325 e. The van der Waals surface area contributed by atoms with Crippen molar-refractivity contribution in [2.24, 2.45) is 0 Å². The minimum Gasteiger partial charge on any atom is -0.468 e. The maximum atomic E-state index is 10.7. The van der Waals surface area contributed by atoms with Gasteiger partial charge in [0, 0.05) is 0 Å². The largest absolute Gasteiger partial charge is 0.468 e. The molecule has 7 heteroatoms. The molecule has 0 aliphatic carbocycles. The Kier molecular flexibility index (Phi) is 5.62. The molecule has 0 aromatic rings. The van der Waals surface area contributed by atoms with Gasteiger partial charge in [-0.1, -0.05) is 0 Å². The number of ether oxygens (including phenoxy) is 1. The third kappa shape index (κ3) is 5.92. The highest BCUT2D eigenvalue weighted by atomic mass is 35.5. The number of imide groups is 1. The summed E-state index contributed by atoms with van der Waals surface area (Å²) < 4.78 is 4.24. The highest BCUT2D eigenvalue weighted by Gasteiger charge is 2.07. The van der Waals surface area contributed by atoms with Gasteiger partial charge in [-0.05, 0) is 0 Å². The first-order valence-corrected chi connectivity index (χ1v) is 3.84. The number of halogens is 1. The van der Waals surface area contributed by atoms with Crippen molar-refractivity contribution in [1.82, 2.24) is 10.6 Å². The highest BCUT2D eigenvalue weighted by molar-refractivity contribution is 6.28. The summed E-state index contributed by atoms with van der Waals surface area (Å²) in [6.45, 7) is -0.294. The second-order valence-electron chi connectivity index (χ2n) is 1.94. The molecule has 0 rings (SSSR count). The number of esters is 1. The molecule has 0 bridgehead atoms. The third-order valence-corrected chi connectivity index (χ3v) is 1.24. The van der Waals surface area contributed by atoms with E-state index in [1.54, 1.807) is 0 Å². The summed E-state index contributed by atoms with van der Waals surface area (Å²) in [5.74, 6) is -1.55. The van der Waals surface area contributed by atoms with Crippen LogP contribution in [-0.4, -0.2) is 37.4 Å². The molecule has 0 spiro atoms. The molecule has 0 atom stereocenters. The van der Waals surface area contributed by atoms with Crippen LogP contribution in [0.2, 0.25) is 0 Å². The topological polar surface area (TPSA) is 84.5 Å². The maximum absolute atomic E-state index is 10.7. The molecule has 0 aromatic carbocycles. The highest BCUT2D eigenvalue weighted by Crippen LogP contribution is 1.75. The average molecular weight is 209 g/mol. The number of carbonyl (C=O) groups is 3. The molecule has 0 aliphatic heterocycles. The molecule has 6 nitrogen and oxygen atoms in total. The minimum atomic E-state index is -0.781. The first-order chi connectivity index (χ1) is 6.10. The summed E-state index contributed by atoms with van der Waals surface area (Å²) in [6, 6.07) is -0.781. The number of alkyl halides is 1. The van der Waals surface area contributed by atoms with Crippen LogP contribution < -0.4 is 10.6 Å². The Morgan fingerprint density at radius 2 is 2.00 bits per heavy atom. The summed E-state index contributed by atoms with van der Waals surface area (Å²) in [5.41, 5.74) is 0. The van der Waals surface area contributed by atoms with Gasteiger partial charge in [-0.2, -0.15) is 0 Å². The number of nitrogens with one attached hydrogen (secondary N) is 2. The van der Waals surface area contributed by atoms with Crippen molar-refractivity contribution in [3.8, 4) is 0 Å². The van der Waals surface area contributed by atoms with E-state index >= 15 is 0 Å². The van der Waals surface area contributed by atoms with E-state index in [2.05, 4.69) is 10.1 Å². The fraction of sp³-hybridized carbons (Fsp3) is 0.500. The number of hydrogen-bond donors (Lipinski definition) is 2. The lowest BCUT2D eigenvalue weighted by Crippen LogP contribution is -2.42. The number of urea groups is 1. The Morgan fingerprint density at radius 1 is 1.38 bits per heavy atom. The first-order valence-electron chi connectivity index (χ1n) is 3.30. The second-order valence-corrected chi connectivity index (χ2v) is 2.21. The lowest BCUT2D eigenvalue weighted by atomic mass is 10.6. The van der Waals surface area contributed by atoms with Gasteiger partial charge in [0.15, 0.2) is 0 Å². The average Bonchev–Trinajstić information content (AvgIpc) is 2.13. The van der Waals surface area contributed by atoms with Gasteiger partial charge in [-0.3, -0.25) is 14.9 Å². The Balaban J connectivity index is 3.63. The standard InChI is InChI=1S/C6H9ClN2O4/c1-13-5(11)3-8-6(12)9-4(10)2-7/h2-3H2,1H3,(H2,8,9,10,12). The summed E-state index contributed by atoms with van der Waals surface area (Å²) in [5, 5.41) is 3.97. The van der Waals surface area contributed by atoms with Crippen LogP contribution in [0.15, 0.2) is 0 Å². The van der Waals surface area contributed by atoms with Crippen LogP contribution in [0.1, 0.15) is 0 Å². The van der Waals surface area contributed by atoms with E-state index in [-0.39, 0.29) is 12.4 Å². The van der Waals surface area contributed by atoms with E-state index in [4.69, 9.17) is 11.6 Å². The second kappa shape index (κ2) is 6.24. The molecule has 3 amide bonds. The number of hydrogen-bond acceptors (Lipinski definition) is 4. The molecule has 0 aromatic heterocycles. The molecule has 0 aliphatic rings. The molecule has 0 unspecified atom stereocenters. The Hall–Kier alpha value is -1.30. The van der Waals surface area contributed by atoms with Crippen LogP contribution in [0.25, 0.3) is 0 Å². The lowest BCUT2D eigenvalue weighted by Gasteiger charge is -2.03. The van der Waals surface area contributed by atoms with Gasteiger partial charge in [-0.15, -0.1) is 11.6 Å². The van der Waals surface area contributed by atoms with Crippen molar-refractivity contribution in [1.29, 1.82) is 0 Å². The quantitative estimate of drug-likeness (QED) is 0.471. The predicted molar refractivity (Wildman–Crippen MR) is 44.3 cm³/mol. The predicted octanol–water partition coefficient (Wildman–Crippen LogP) is -0.776. The molecule has 0 saturated heterocycles. The van der Waals surface area contributed by atoms with Gasteiger partial charge in [0.2, 0.25) is 5.91 Å². The Labute approximate surface area is 79.6 Å². The van der Waals surface area contributed by atoms with E-state index in [1.807, 2.05) is 5.32 Å². The van der Waals surface area contributed by atoms with Crippen LogP contribution in [0.4, 0.5) is 4.79 Å². The number of rotatable bonds is 3. The summed E-state index contributed by atoms with van der Waals surface area (Å²) >= 11 is 5.10. The zero-order valence-electron chi connectivity index (χ0n) is 6.93. The Bertz CT molecular complexity index is 219. The molecule has 0 heterocycles. The van der Waals surface area contributed by atoms with Crippen LogP contribution in [0.3, 0.4) is 0 Å². The van der Waals surface area contributed by atoms with E-state index in [1.165, 1.54) is 7.11 Å². The van der Waals surface area contributed by atoms with Crippen molar-refractivity contribution >= 4 is 29.5 Å². The number of carbonyl (C=O) groups excluding carboxylic acids is 3. The minimum absolute atomic E-state index is 0.294. The molecule has 13 heavy (non-hydrogen) atoms. The molecular formula is C6H9ClN2O4. The Morgan fingerprint density at radius 3 is 2.46 bits per heavy atom. The van der Waals surface area contributed by atoms with E-state index < -0.39 is 17.9 Å². The molecule has 0 saturated carbocycles. The van der Waals surface area contributed by atoms with Gasteiger partial charge < -0.3 is 10.1 Å². The maximum Gasteiger partial charge on any atom is 0.325 e. The van der Waals surface area contributed by atoms with Gasteiger partial charge in [0.05, 0.1) is 7.11 Å². The zero-order valence-corrected chi connectivity index (χ0v) is 7.68. The van der Waals surface area contributed by atoms with E-state index in [9.17, 15) is 14.4 Å². The number of methoxy groups -OCH3 is 1. The van der Waals surface area contributed by atoms with Crippen molar-refractivity contribution in [3.05, 3.63) is 0 Å². The third-order valence-electron chi connectivity index (χ3n) is 0.995. The monoisotopic (exact) mass is 208 g/mol. The molecular weight excluding hydrogens is 200 g/mol. The molecule has 74 valence electrons. The fourth-order valence-corrected chi connectivity index (χ4v) is 0.496. The van der Waals surface area contributed by atoms with E-state index in [0.717, 1.165) is 0 Å². The van der Waals surface area contributed by atoms with Gasteiger partial charge in [0.1, 0.15) is 12.4 Å². The van der Waals surface area contributed by atoms with Crippen LogP contribution in [0, 0.1) is 0 Å². The molecule has 0 radical (unpaired) electrons. The van der Waals surface area contributed by atoms with Gasteiger partial charge in [-0.25, -0.2) is 4.79 Å². The normalized spacial score (nSPS) is 8.77. The summed E-state index contributed by atoms with van der Waals surface area (Å²) in [4.78, 5) is 31.7. The SMILES string of the molecule is COC(=O)CNC(=O)NC(=O)CCl. The van der Waals surface area contributed by atoms with Crippen molar-refractivity contribution in [2.45, 2.75) is 0 Å². The van der Waals surface area contributed by atoms with Gasteiger partial charge in [0.25, 0.3) is 0 Å². The molecule has 2 N–H and O–H groups in total. The first kappa shape index (κ1) is 11.7. The van der Waals surface area contributed by atoms with Crippen molar-refractivity contribution in [2.75, 3.05) is 19.5 Å². The summed E-state index contributed by atoms with van der Waals surface area (Å²) in [7, 11) is 1.19. The van der Waals surface area contributed by atoms with Crippen LogP contribution >= 0.6 is 11.6 Å². The van der Waals surface area contributed by atoms with Gasteiger partial charge >= 0.3 is 12.0 Å². The number of amides is 3. The van der Waals surface area contributed by atoms with Crippen LogP contribution in [-0.2, 0) is 14.3 Å². The van der Waals surface area contributed by atoms with Crippen molar-refractivity contribution in [3.63, 3.8) is 0 Å². The fourth-order valence-electron chi connectivity index (χ4n) is 0.429. The lowest BCUT2D eigenvalue weighted by molar-refractivity contribution is -0.139. The van der Waals surface area contributed by atoms with E-state index in [0.29, 0.717) is 0 Å².